The van der Waals surface area contributed by atoms with Gasteiger partial charge in [-0.1, -0.05) is 13.8 Å². The molecule has 6 heteroatoms. The van der Waals surface area contributed by atoms with Crippen molar-refractivity contribution in [3.63, 3.8) is 0 Å². The first-order valence-corrected chi connectivity index (χ1v) is 6.26. The van der Waals surface area contributed by atoms with E-state index in [0.717, 1.165) is 23.4 Å². The van der Waals surface area contributed by atoms with Gasteiger partial charge in [-0.15, -0.1) is 0 Å². The van der Waals surface area contributed by atoms with Gasteiger partial charge in [0.15, 0.2) is 0 Å². The molecule has 1 aromatic heterocycles. The zero-order valence-corrected chi connectivity index (χ0v) is 12.4. The van der Waals surface area contributed by atoms with Crippen LogP contribution in [0.2, 0.25) is 0 Å². The zero-order chi connectivity index (χ0) is 13.1. The monoisotopic (exact) mass is 301 g/mol. The average molecular weight is 302 g/mol. The molecule has 0 aliphatic heterocycles. The minimum Gasteiger partial charge on any atom is -0.383 e. The second-order valence-electron chi connectivity index (χ2n) is 5.18. The maximum atomic E-state index is 5.69. The fraction of sp³-hybridized carbons (Fsp3) is 0.636. The number of rotatable bonds is 5. The standard InChI is InChI=1S/C11H20BrN5/c1-11(2,6-17(3)4)5-14-10-8(12)9(13)15-7-16-10/h7H,5-6H2,1-4H3,(H3,13,14,15,16). The van der Waals surface area contributed by atoms with Crippen LogP contribution in [-0.2, 0) is 0 Å². The van der Waals surface area contributed by atoms with Gasteiger partial charge in [0.25, 0.3) is 0 Å². The Kier molecular flexibility index (Phi) is 4.70. The normalized spacial score (nSPS) is 11.9. The van der Waals surface area contributed by atoms with E-state index in [2.05, 4.69) is 64.1 Å². The summed E-state index contributed by atoms with van der Waals surface area (Å²) in [6.07, 6.45) is 1.46. The lowest BCUT2D eigenvalue weighted by molar-refractivity contribution is 0.254. The first-order valence-electron chi connectivity index (χ1n) is 5.46. The third-order valence-electron chi connectivity index (χ3n) is 2.30. The van der Waals surface area contributed by atoms with E-state index >= 15 is 0 Å². The maximum absolute atomic E-state index is 5.69. The molecule has 0 radical (unpaired) electrons. The van der Waals surface area contributed by atoms with E-state index in [4.69, 9.17) is 5.73 Å². The Morgan fingerprint density at radius 2 is 2.06 bits per heavy atom. The summed E-state index contributed by atoms with van der Waals surface area (Å²) in [7, 11) is 4.14. The fourth-order valence-electron chi connectivity index (χ4n) is 1.74. The number of nitrogen functional groups attached to an aromatic ring is 1. The number of nitrogens with zero attached hydrogens (tertiary/aromatic N) is 3. The smallest absolute Gasteiger partial charge is 0.145 e. The quantitative estimate of drug-likeness (QED) is 0.868. The maximum Gasteiger partial charge on any atom is 0.145 e. The Bertz CT molecular complexity index is 378. The molecule has 0 saturated carbocycles. The molecule has 17 heavy (non-hydrogen) atoms. The van der Waals surface area contributed by atoms with E-state index in [1.54, 1.807) is 0 Å². The molecule has 0 aromatic carbocycles. The Balaban J connectivity index is 2.64. The summed E-state index contributed by atoms with van der Waals surface area (Å²) in [6.45, 7) is 6.23. The average Bonchev–Trinajstić information content (AvgIpc) is 2.18. The molecule has 5 nitrogen and oxygen atoms in total. The summed E-state index contributed by atoms with van der Waals surface area (Å²) in [4.78, 5) is 10.2. The summed E-state index contributed by atoms with van der Waals surface area (Å²) in [5.41, 5.74) is 5.85. The van der Waals surface area contributed by atoms with Gasteiger partial charge in [0.1, 0.15) is 22.4 Å². The van der Waals surface area contributed by atoms with Crippen LogP contribution in [0.1, 0.15) is 13.8 Å². The van der Waals surface area contributed by atoms with Crippen LogP contribution >= 0.6 is 15.9 Å². The largest absolute Gasteiger partial charge is 0.383 e. The van der Waals surface area contributed by atoms with Crippen LogP contribution in [0, 0.1) is 5.41 Å². The highest BCUT2D eigenvalue weighted by Gasteiger charge is 2.19. The number of aromatic nitrogens is 2. The molecule has 1 heterocycles. The third-order valence-corrected chi connectivity index (χ3v) is 3.08. The highest BCUT2D eigenvalue weighted by Crippen LogP contribution is 2.25. The van der Waals surface area contributed by atoms with Crippen LogP contribution in [-0.4, -0.2) is 42.1 Å². The Morgan fingerprint density at radius 1 is 1.41 bits per heavy atom. The fourth-order valence-corrected chi connectivity index (χ4v) is 2.09. The van der Waals surface area contributed by atoms with Crippen molar-refractivity contribution in [1.82, 2.24) is 14.9 Å². The van der Waals surface area contributed by atoms with Crippen molar-refractivity contribution < 1.29 is 0 Å². The third kappa shape index (κ3) is 4.47. The van der Waals surface area contributed by atoms with Gasteiger partial charge < -0.3 is 16.0 Å². The summed E-state index contributed by atoms with van der Waals surface area (Å²) in [5, 5.41) is 3.29. The predicted octanol–water partition coefficient (Wildman–Crippen LogP) is 1.82. The van der Waals surface area contributed by atoms with Gasteiger partial charge in [-0.05, 0) is 35.4 Å². The minimum atomic E-state index is 0.155. The van der Waals surface area contributed by atoms with Crippen LogP contribution in [0.15, 0.2) is 10.8 Å². The molecule has 0 unspecified atom stereocenters. The second kappa shape index (κ2) is 5.64. The molecule has 0 atom stereocenters. The van der Waals surface area contributed by atoms with Gasteiger partial charge in [-0.3, -0.25) is 0 Å². The van der Waals surface area contributed by atoms with Crippen LogP contribution < -0.4 is 11.1 Å². The SMILES string of the molecule is CN(C)CC(C)(C)CNc1ncnc(N)c1Br. The lowest BCUT2D eigenvalue weighted by Gasteiger charge is -2.28. The molecule has 3 N–H and O–H groups in total. The number of anilines is 2. The van der Waals surface area contributed by atoms with Crippen molar-refractivity contribution in [3.05, 3.63) is 10.8 Å². The van der Waals surface area contributed by atoms with E-state index in [9.17, 15) is 0 Å². The lowest BCUT2D eigenvalue weighted by atomic mass is 9.93. The van der Waals surface area contributed by atoms with E-state index < -0.39 is 0 Å². The van der Waals surface area contributed by atoms with E-state index in [1.807, 2.05) is 0 Å². The molecule has 1 aromatic rings. The molecule has 0 spiro atoms. The summed E-state index contributed by atoms with van der Waals surface area (Å²) >= 11 is 3.38. The van der Waals surface area contributed by atoms with Crippen LogP contribution in [0.5, 0.6) is 0 Å². The van der Waals surface area contributed by atoms with E-state index in [-0.39, 0.29) is 5.41 Å². The first kappa shape index (κ1) is 14.2. The Hall–Kier alpha value is -0.880. The first-order chi connectivity index (χ1) is 7.82. The van der Waals surface area contributed by atoms with Crippen molar-refractivity contribution in [2.24, 2.45) is 5.41 Å². The molecule has 0 aliphatic carbocycles. The van der Waals surface area contributed by atoms with E-state index in [1.165, 1.54) is 6.33 Å². The number of halogens is 1. The van der Waals surface area contributed by atoms with E-state index in [0.29, 0.717) is 5.82 Å². The summed E-state index contributed by atoms with van der Waals surface area (Å²) < 4.78 is 0.723. The van der Waals surface area contributed by atoms with Gasteiger partial charge in [0, 0.05) is 13.1 Å². The lowest BCUT2D eigenvalue weighted by Crippen LogP contribution is -2.34. The van der Waals surface area contributed by atoms with Gasteiger partial charge in [-0.25, -0.2) is 9.97 Å². The summed E-state index contributed by atoms with van der Waals surface area (Å²) in [6, 6.07) is 0. The molecule has 1 rings (SSSR count). The number of hydrogen-bond donors (Lipinski definition) is 2. The van der Waals surface area contributed by atoms with Crippen molar-refractivity contribution in [2.75, 3.05) is 38.2 Å². The van der Waals surface area contributed by atoms with Crippen LogP contribution in [0.3, 0.4) is 0 Å². The van der Waals surface area contributed by atoms with Crippen molar-refractivity contribution in [3.8, 4) is 0 Å². The highest BCUT2D eigenvalue weighted by molar-refractivity contribution is 9.10. The molecule has 0 bridgehead atoms. The predicted molar refractivity (Wildman–Crippen MR) is 75.0 cm³/mol. The van der Waals surface area contributed by atoms with Crippen LogP contribution in [0.25, 0.3) is 0 Å². The molecular formula is C11H20BrN5. The van der Waals surface area contributed by atoms with Crippen molar-refractivity contribution >= 4 is 27.6 Å². The van der Waals surface area contributed by atoms with Crippen LogP contribution in [0.4, 0.5) is 11.6 Å². The Morgan fingerprint density at radius 3 is 2.65 bits per heavy atom. The molecular weight excluding hydrogens is 282 g/mol. The molecule has 96 valence electrons. The summed E-state index contributed by atoms with van der Waals surface area (Å²) in [5.74, 6) is 1.19. The van der Waals surface area contributed by atoms with Gasteiger partial charge in [0.05, 0.1) is 0 Å². The molecule has 0 fully saturated rings. The van der Waals surface area contributed by atoms with Gasteiger partial charge >= 0.3 is 0 Å². The number of nitrogens with two attached hydrogens (primary N) is 1. The highest BCUT2D eigenvalue weighted by atomic mass is 79.9. The number of hydrogen-bond acceptors (Lipinski definition) is 5. The molecule has 0 saturated heterocycles. The molecule has 0 amide bonds. The zero-order valence-electron chi connectivity index (χ0n) is 10.8. The van der Waals surface area contributed by atoms with Gasteiger partial charge in [-0.2, -0.15) is 0 Å². The molecule has 0 aliphatic rings. The van der Waals surface area contributed by atoms with Crippen molar-refractivity contribution in [1.29, 1.82) is 0 Å². The number of nitrogens with one attached hydrogen (secondary N) is 1. The Labute approximate surface area is 111 Å². The second-order valence-corrected chi connectivity index (χ2v) is 5.97. The minimum absolute atomic E-state index is 0.155. The topological polar surface area (TPSA) is 67.1 Å². The van der Waals surface area contributed by atoms with Gasteiger partial charge in [0.2, 0.25) is 0 Å². The van der Waals surface area contributed by atoms with Crippen molar-refractivity contribution in [2.45, 2.75) is 13.8 Å².